The molecule has 0 aliphatic heterocycles. The van der Waals surface area contributed by atoms with Crippen LogP contribution >= 0.6 is 15.9 Å². The fourth-order valence-corrected chi connectivity index (χ4v) is 3.04. The van der Waals surface area contributed by atoms with Gasteiger partial charge in [0.15, 0.2) is 0 Å². The molecule has 0 bridgehead atoms. The predicted molar refractivity (Wildman–Crippen MR) is 105 cm³/mol. The van der Waals surface area contributed by atoms with Gasteiger partial charge in [0.2, 0.25) is 5.91 Å². The van der Waals surface area contributed by atoms with Gasteiger partial charge in [0, 0.05) is 15.5 Å². The van der Waals surface area contributed by atoms with Crippen LogP contribution in [0.3, 0.4) is 0 Å². The monoisotopic (exact) mass is 447 g/mol. The lowest BCUT2D eigenvalue weighted by molar-refractivity contribution is -0.137. The number of hydrogen-bond donors (Lipinski definition) is 4. The van der Waals surface area contributed by atoms with E-state index in [1.807, 2.05) is 0 Å². The van der Waals surface area contributed by atoms with Gasteiger partial charge in [-0.25, -0.2) is 4.39 Å². The van der Waals surface area contributed by atoms with Gasteiger partial charge in [0.25, 0.3) is 5.91 Å². The number of aromatic nitrogens is 1. The maximum Gasteiger partial charge on any atom is 0.322 e. The number of anilines is 1. The highest BCUT2D eigenvalue weighted by atomic mass is 79.9. The Morgan fingerprint density at radius 2 is 1.82 bits per heavy atom. The van der Waals surface area contributed by atoms with Crippen LogP contribution in [0.2, 0.25) is 0 Å². The second-order valence-corrected chi connectivity index (χ2v) is 6.95. The van der Waals surface area contributed by atoms with E-state index in [1.165, 1.54) is 12.1 Å². The van der Waals surface area contributed by atoms with E-state index in [1.54, 1.807) is 30.3 Å². The van der Waals surface area contributed by atoms with Crippen molar-refractivity contribution < 1.29 is 23.9 Å². The van der Waals surface area contributed by atoms with Crippen LogP contribution in [0.1, 0.15) is 16.1 Å². The summed E-state index contributed by atoms with van der Waals surface area (Å²) in [6.45, 7) is -0.436. The first-order valence-electron chi connectivity index (χ1n) is 8.18. The Bertz CT molecular complexity index is 1060. The number of fused-ring (bicyclic) bond motifs is 1. The lowest BCUT2D eigenvalue weighted by atomic mass is 10.1. The van der Waals surface area contributed by atoms with E-state index in [0.717, 1.165) is 0 Å². The Labute approximate surface area is 167 Å². The van der Waals surface area contributed by atoms with Crippen LogP contribution in [0.25, 0.3) is 10.9 Å². The fourth-order valence-electron chi connectivity index (χ4n) is 2.61. The van der Waals surface area contributed by atoms with Crippen LogP contribution in [-0.2, 0) is 16.0 Å². The smallest absolute Gasteiger partial charge is 0.322 e. The van der Waals surface area contributed by atoms with Crippen molar-refractivity contribution in [2.75, 3.05) is 11.9 Å². The summed E-state index contributed by atoms with van der Waals surface area (Å²) in [5, 5.41) is 13.8. The lowest BCUT2D eigenvalue weighted by Crippen LogP contribution is -2.30. The third-order valence-electron chi connectivity index (χ3n) is 3.91. The minimum Gasteiger partial charge on any atom is -0.480 e. The average Bonchev–Trinajstić information content (AvgIpc) is 3.06. The van der Waals surface area contributed by atoms with E-state index >= 15 is 0 Å². The molecule has 2 amide bonds. The number of carbonyl (C=O) groups excluding carboxylic acids is 2. The molecule has 2 aromatic carbocycles. The lowest BCUT2D eigenvalue weighted by Gasteiger charge is -2.06. The van der Waals surface area contributed by atoms with Crippen molar-refractivity contribution in [1.29, 1.82) is 0 Å². The predicted octanol–water partition coefficient (Wildman–Crippen LogP) is 3.07. The summed E-state index contributed by atoms with van der Waals surface area (Å²) < 4.78 is 14.5. The standard InChI is InChI=1S/C19H15BrFN3O4/c20-11-6-14(21)13-8-16(24-15(13)7-11)19(28)23-12-3-1-10(2-4-12)5-17(25)22-9-18(26)27/h1-4,6-8,24H,5,9H2,(H,22,25)(H,23,28)(H,26,27). The zero-order valence-electron chi connectivity index (χ0n) is 14.4. The van der Waals surface area contributed by atoms with Crippen molar-refractivity contribution in [2.45, 2.75) is 6.42 Å². The van der Waals surface area contributed by atoms with Crippen LogP contribution in [0.5, 0.6) is 0 Å². The van der Waals surface area contributed by atoms with Crippen molar-refractivity contribution in [3.8, 4) is 0 Å². The number of carboxylic acids is 1. The number of nitrogens with one attached hydrogen (secondary N) is 3. The van der Waals surface area contributed by atoms with Gasteiger partial charge in [-0.05, 0) is 35.9 Å². The molecule has 0 atom stereocenters. The maximum atomic E-state index is 14.0. The van der Waals surface area contributed by atoms with E-state index in [4.69, 9.17) is 5.11 Å². The fraction of sp³-hybridized carbons (Fsp3) is 0.105. The van der Waals surface area contributed by atoms with Crippen LogP contribution in [0.4, 0.5) is 10.1 Å². The summed E-state index contributed by atoms with van der Waals surface area (Å²) in [6.07, 6.45) is 0.0255. The summed E-state index contributed by atoms with van der Waals surface area (Å²) in [7, 11) is 0. The molecule has 9 heteroatoms. The Kier molecular flexibility index (Phi) is 5.74. The van der Waals surface area contributed by atoms with E-state index in [0.29, 0.717) is 26.6 Å². The molecule has 0 saturated heterocycles. The number of H-pyrrole nitrogens is 1. The number of carboxylic acid groups (broad SMARTS) is 1. The molecule has 0 aliphatic rings. The van der Waals surface area contributed by atoms with Crippen molar-refractivity contribution in [3.63, 3.8) is 0 Å². The Morgan fingerprint density at radius 1 is 1.11 bits per heavy atom. The molecule has 4 N–H and O–H groups in total. The topological polar surface area (TPSA) is 111 Å². The molecule has 3 rings (SSSR count). The maximum absolute atomic E-state index is 14.0. The normalized spacial score (nSPS) is 10.6. The summed E-state index contributed by atoms with van der Waals surface area (Å²) in [4.78, 5) is 37.3. The van der Waals surface area contributed by atoms with E-state index in [9.17, 15) is 18.8 Å². The van der Waals surface area contributed by atoms with Crippen LogP contribution in [-0.4, -0.2) is 34.4 Å². The second kappa shape index (κ2) is 8.22. The molecule has 144 valence electrons. The van der Waals surface area contributed by atoms with Crippen LogP contribution in [0, 0.1) is 5.82 Å². The number of amides is 2. The minimum absolute atomic E-state index is 0.0255. The summed E-state index contributed by atoms with van der Waals surface area (Å²) in [5.41, 5.74) is 1.88. The number of halogens is 2. The molecular formula is C19H15BrFN3O4. The summed E-state index contributed by atoms with van der Waals surface area (Å²) in [5.74, 6) is -2.40. The largest absolute Gasteiger partial charge is 0.480 e. The first-order chi connectivity index (χ1) is 13.3. The molecule has 0 fully saturated rings. The van der Waals surface area contributed by atoms with Crippen LogP contribution in [0.15, 0.2) is 46.9 Å². The minimum atomic E-state index is -1.12. The Morgan fingerprint density at radius 3 is 2.50 bits per heavy atom. The van der Waals surface area contributed by atoms with Crippen LogP contribution < -0.4 is 10.6 Å². The number of aliphatic carboxylic acids is 1. The highest BCUT2D eigenvalue weighted by molar-refractivity contribution is 9.10. The highest BCUT2D eigenvalue weighted by Crippen LogP contribution is 2.24. The second-order valence-electron chi connectivity index (χ2n) is 6.03. The average molecular weight is 448 g/mol. The molecule has 0 unspecified atom stereocenters. The third-order valence-corrected chi connectivity index (χ3v) is 4.37. The van der Waals surface area contributed by atoms with Gasteiger partial charge in [-0.3, -0.25) is 14.4 Å². The molecule has 0 aliphatic carbocycles. The van der Waals surface area contributed by atoms with Crippen molar-refractivity contribution >= 4 is 50.3 Å². The molecule has 1 aromatic heterocycles. The number of carbonyl (C=O) groups is 3. The molecule has 0 radical (unpaired) electrons. The van der Waals surface area contributed by atoms with Crippen molar-refractivity contribution in [2.24, 2.45) is 0 Å². The van der Waals surface area contributed by atoms with Gasteiger partial charge < -0.3 is 20.7 Å². The number of rotatable bonds is 6. The van der Waals surface area contributed by atoms with Gasteiger partial charge >= 0.3 is 5.97 Å². The Hall–Kier alpha value is -3.20. The number of aromatic amines is 1. The molecule has 7 nitrogen and oxygen atoms in total. The van der Waals surface area contributed by atoms with Gasteiger partial charge in [0.05, 0.1) is 11.9 Å². The first-order valence-corrected chi connectivity index (χ1v) is 8.97. The first kappa shape index (κ1) is 19.6. The van der Waals surface area contributed by atoms with Crippen molar-refractivity contribution in [3.05, 3.63) is 64.0 Å². The zero-order chi connectivity index (χ0) is 20.3. The molecule has 28 heavy (non-hydrogen) atoms. The molecule has 3 aromatic rings. The van der Waals surface area contributed by atoms with Gasteiger partial charge in [-0.15, -0.1) is 0 Å². The van der Waals surface area contributed by atoms with Gasteiger partial charge in [-0.1, -0.05) is 28.1 Å². The van der Waals surface area contributed by atoms with Crippen molar-refractivity contribution in [1.82, 2.24) is 10.3 Å². The molecular weight excluding hydrogens is 433 g/mol. The van der Waals surface area contributed by atoms with Gasteiger partial charge in [-0.2, -0.15) is 0 Å². The molecule has 1 heterocycles. The van der Waals surface area contributed by atoms with E-state index in [2.05, 4.69) is 31.5 Å². The third kappa shape index (κ3) is 4.74. The zero-order valence-corrected chi connectivity index (χ0v) is 16.0. The number of benzene rings is 2. The van der Waals surface area contributed by atoms with E-state index in [-0.39, 0.29) is 12.1 Å². The van der Waals surface area contributed by atoms with E-state index < -0.39 is 30.1 Å². The van der Waals surface area contributed by atoms with Gasteiger partial charge in [0.1, 0.15) is 18.1 Å². The highest BCUT2D eigenvalue weighted by Gasteiger charge is 2.13. The molecule has 0 spiro atoms. The quantitative estimate of drug-likeness (QED) is 0.465. The number of hydrogen-bond acceptors (Lipinski definition) is 3. The summed E-state index contributed by atoms with van der Waals surface area (Å²) in [6, 6.07) is 11.0. The molecule has 0 saturated carbocycles. The summed E-state index contributed by atoms with van der Waals surface area (Å²) >= 11 is 3.21. The SMILES string of the molecule is O=C(O)CNC(=O)Cc1ccc(NC(=O)c2cc3c(F)cc(Br)cc3[nH]2)cc1. The Balaban J connectivity index is 1.65.